The summed E-state index contributed by atoms with van der Waals surface area (Å²) in [5, 5.41) is 0. The zero-order chi connectivity index (χ0) is 25.1. The molecule has 0 amide bonds. The molecule has 0 N–H and O–H groups in total. The summed E-state index contributed by atoms with van der Waals surface area (Å²) in [6.45, 7) is 10.6. The van der Waals surface area contributed by atoms with Crippen LogP contribution in [0.25, 0.3) is 0 Å². The van der Waals surface area contributed by atoms with Crippen LogP contribution in [-0.2, 0) is 11.2 Å². The lowest BCUT2D eigenvalue weighted by molar-refractivity contribution is -0.146. The number of unbranched alkanes of at least 4 members (excludes halogenated alkanes) is 1. The standard InChI is InChI=1S/C18H22F4O2.C4H10.C2H6.CH3F/c1-2-11-3-5-12(6-4-11)7-8-13-9-14(19)16(15(20)10-13)24-18(23)17(21)22;1-3-4-2;2*1-2/h9-12,17H,2-8H2,1H3;3-4H2,1-2H3;1-2H3;1H3. The molecule has 1 aliphatic rings. The van der Waals surface area contributed by atoms with E-state index < -0.39 is 29.8 Å². The Balaban J connectivity index is 0. The predicted molar refractivity (Wildman–Crippen MR) is 121 cm³/mol. The number of hydrogen-bond acceptors (Lipinski definition) is 2. The van der Waals surface area contributed by atoms with Crippen molar-refractivity contribution in [3.63, 3.8) is 0 Å². The number of carbonyl (C=O) groups is 1. The highest BCUT2D eigenvalue weighted by molar-refractivity contribution is 5.75. The van der Waals surface area contributed by atoms with Crippen molar-refractivity contribution in [3.05, 3.63) is 29.3 Å². The molecule has 0 radical (unpaired) electrons. The number of esters is 1. The van der Waals surface area contributed by atoms with Gasteiger partial charge in [0.2, 0.25) is 5.75 Å². The lowest BCUT2D eigenvalue weighted by atomic mass is 9.78. The lowest BCUT2D eigenvalue weighted by Crippen LogP contribution is -2.19. The molecular formula is C25H41F5O2. The Morgan fingerprint density at radius 2 is 1.38 bits per heavy atom. The van der Waals surface area contributed by atoms with Gasteiger partial charge in [-0.1, -0.05) is 79.6 Å². The average molecular weight is 469 g/mol. The molecule has 0 aromatic heterocycles. The SMILES string of the molecule is CC.CCC1CCC(CCc2cc(F)c(OC(=O)C(F)F)c(F)c2)CC1.CCCC.CF. The molecule has 0 unspecified atom stereocenters. The summed E-state index contributed by atoms with van der Waals surface area (Å²) in [4.78, 5) is 10.8. The van der Waals surface area contributed by atoms with Gasteiger partial charge in [-0.05, 0) is 42.4 Å². The van der Waals surface area contributed by atoms with E-state index in [4.69, 9.17) is 0 Å². The monoisotopic (exact) mass is 468 g/mol. The van der Waals surface area contributed by atoms with Gasteiger partial charge in [-0.3, -0.25) is 4.39 Å². The number of aryl methyl sites for hydroxylation is 1. The first kappa shape index (κ1) is 32.5. The number of ether oxygens (including phenoxy) is 1. The Bertz CT molecular complexity index is 575. The van der Waals surface area contributed by atoms with E-state index in [1.54, 1.807) is 0 Å². The van der Waals surface area contributed by atoms with Gasteiger partial charge in [0, 0.05) is 0 Å². The van der Waals surface area contributed by atoms with E-state index in [2.05, 4.69) is 25.5 Å². The Kier molecular flexibility index (Phi) is 20.3. The second-order valence-electron chi connectivity index (χ2n) is 7.44. The topological polar surface area (TPSA) is 26.3 Å². The van der Waals surface area contributed by atoms with Crippen LogP contribution >= 0.6 is 0 Å². The van der Waals surface area contributed by atoms with Crippen molar-refractivity contribution in [2.75, 3.05) is 7.18 Å². The summed E-state index contributed by atoms with van der Waals surface area (Å²) in [5.74, 6) is -3.95. The van der Waals surface area contributed by atoms with Crippen LogP contribution < -0.4 is 4.74 Å². The van der Waals surface area contributed by atoms with Gasteiger partial charge in [-0.15, -0.1) is 0 Å². The smallest absolute Gasteiger partial charge is 0.379 e. The lowest BCUT2D eigenvalue weighted by Gasteiger charge is -2.27. The molecule has 0 aliphatic heterocycles. The van der Waals surface area contributed by atoms with E-state index in [1.165, 1.54) is 32.1 Å². The molecule has 1 aromatic carbocycles. The number of carbonyl (C=O) groups excluding carboxylic acids is 1. The molecule has 188 valence electrons. The summed E-state index contributed by atoms with van der Waals surface area (Å²) < 4.78 is 65.5. The fraction of sp³-hybridized carbons (Fsp3) is 0.720. The van der Waals surface area contributed by atoms with Crippen molar-refractivity contribution < 1.29 is 31.5 Å². The molecule has 1 fully saturated rings. The van der Waals surface area contributed by atoms with Gasteiger partial charge in [-0.2, -0.15) is 8.78 Å². The van der Waals surface area contributed by atoms with Crippen molar-refractivity contribution in [1.29, 1.82) is 0 Å². The Morgan fingerprint density at radius 3 is 1.75 bits per heavy atom. The van der Waals surface area contributed by atoms with Crippen LogP contribution in [0.2, 0.25) is 0 Å². The summed E-state index contributed by atoms with van der Waals surface area (Å²) in [6.07, 6.45) is 6.42. The quantitative estimate of drug-likeness (QED) is 0.227. The van der Waals surface area contributed by atoms with E-state index in [0.717, 1.165) is 37.3 Å². The Labute approximate surface area is 190 Å². The van der Waals surface area contributed by atoms with E-state index in [9.17, 15) is 26.7 Å². The molecule has 0 bridgehead atoms. The maximum atomic E-state index is 13.8. The van der Waals surface area contributed by atoms with E-state index >= 15 is 0 Å². The summed E-state index contributed by atoms with van der Waals surface area (Å²) >= 11 is 0. The highest BCUT2D eigenvalue weighted by Gasteiger charge is 2.24. The molecule has 0 saturated heterocycles. The van der Waals surface area contributed by atoms with E-state index in [0.29, 0.717) is 25.1 Å². The molecular weight excluding hydrogens is 427 g/mol. The number of halogens is 5. The fourth-order valence-electron chi connectivity index (χ4n) is 3.30. The van der Waals surface area contributed by atoms with Crippen molar-refractivity contribution in [2.45, 2.75) is 98.8 Å². The van der Waals surface area contributed by atoms with Crippen LogP contribution in [0.5, 0.6) is 5.75 Å². The van der Waals surface area contributed by atoms with Crippen molar-refractivity contribution in [2.24, 2.45) is 11.8 Å². The van der Waals surface area contributed by atoms with Crippen molar-refractivity contribution in [1.82, 2.24) is 0 Å². The van der Waals surface area contributed by atoms with Gasteiger partial charge in [0.25, 0.3) is 0 Å². The van der Waals surface area contributed by atoms with Crippen LogP contribution in [0.1, 0.15) is 91.5 Å². The maximum absolute atomic E-state index is 13.8. The van der Waals surface area contributed by atoms with E-state index in [1.807, 2.05) is 13.8 Å². The van der Waals surface area contributed by atoms with Crippen LogP contribution in [0.4, 0.5) is 22.0 Å². The molecule has 32 heavy (non-hydrogen) atoms. The fourth-order valence-corrected chi connectivity index (χ4v) is 3.30. The predicted octanol–water partition coefficient (Wildman–Crippen LogP) is 8.70. The maximum Gasteiger partial charge on any atom is 0.379 e. The first-order valence-electron chi connectivity index (χ1n) is 11.7. The second kappa shape index (κ2) is 20.0. The van der Waals surface area contributed by atoms with Gasteiger partial charge in [0.05, 0.1) is 7.18 Å². The molecule has 1 saturated carbocycles. The number of alkyl halides is 3. The van der Waals surface area contributed by atoms with Crippen LogP contribution in [0.3, 0.4) is 0 Å². The summed E-state index contributed by atoms with van der Waals surface area (Å²) in [5.41, 5.74) is 0.444. The average Bonchev–Trinajstić information content (AvgIpc) is 2.82. The van der Waals surface area contributed by atoms with Crippen molar-refractivity contribution in [3.8, 4) is 5.75 Å². The number of benzene rings is 1. The van der Waals surface area contributed by atoms with Gasteiger partial charge in [-0.25, -0.2) is 13.6 Å². The second-order valence-corrected chi connectivity index (χ2v) is 7.44. The molecule has 7 heteroatoms. The third-order valence-electron chi connectivity index (χ3n) is 5.32. The first-order chi connectivity index (χ1) is 15.3. The summed E-state index contributed by atoms with van der Waals surface area (Å²) in [7, 11) is 0.500. The zero-order valence-corrected chi connectivity index (χ0v) is 20.5. The number of rotatable bonds is 7. The molecule has 0 atom stereocenters. The minimum absolute atomic E-state index is 0.444. The highest BCUT2D eigenvalue weighted by Crippen LogP contribution is 2.33. The third kappa shape index (κ3) is 13.0. The summed E-state index contributed by atoms with van der Waals surface area (Å²) in [6, 6.07) is 2.10. The van der Waals surface area contributed by atoms with Crippen molar-refractivity contribution >= 4 is 5.97 Å². The van der Waals surface area contributed by atoms with E-state index in [-0.39, 0.29) is 0 Å². The Hall–Kier alpha value is -1.66. The largest absolute Gasteiger partial charge is 0.416 e. The molecule has 0 spiro atoms. The Morgan fingerprint density at radius 1 is 0.938 bits per heavy atom. The molecule has 2 rings (SSSR count). The van der Waals surface area contributed by atoms with Crippen LogP contribution in [0, 0.1) is 23.5 Å². The zero-order valence-electron chi connectivity index (χ0n) is 20.5. The highest BCUT2D eigenvalue weighted by atomic mass is 19.3. The normalized spacial score (nSPS) is 17.1. The third-order valence-corrected chi connectivity index (χ3v) is 5.32. The molecule has 1 aliphatic carbocycles. The minimum atomic E-state index is -3.43. The van der Waals surface area contributed by atoms with Gasteiger partial charge < -0.3 is 4.74 Å². The van der Waals surface area contributed by atoms with Gasteiger partial charge >= 0.3 is 12.4 Å². The first-order valence-corrected chi connectivity index (χ1v) is 11.7. The molecule has 2 nitrogen and oxygen atoms in total. The minimum Gasteiger partial charge on any atom is -0.416 e. The molecule has 1 aromatic rings. The van der Waals surface area contributed by atoms with Gasteiger partial charge in [0.15, 0.2) is 11.6 Å². The van der Waals surface area contributed by atoms with Crippen LogP contribution in [0.15, 0.2) is 12.1 Å². The van der Waals surface area contributed by atoms with Gasteiger partial charge in [0.1, 0.15) is 0 Å². The van der Waals surface area contributed by atoms with Crippen LogP contribution in [-0.4, -0.2) is 19.6 Å². The number of hydrogen-bond donors (Lipinski definition) is 0. The molecule has 0 heterocycles.